The van der Waals surface area contributed by atoms with E-state index in [2.05, 4.69) is 23.8 Å². The Kier molecular flexibility index (Phi) is 5.78. The van der Waals surface area contributed by atoms with Gasteiger partial charge in [-0.1, -0.05) is 32.0 Å². The molecule has 0 bridgehead atoms. The van der Waals surface area contributed by atoms with Crippen LogP contribution < -0.4 is 5.56 Å². The molecule has 1 N–H and O–H groups in total. The van der Waals surface area contributed by atoms with Crippen molar-refractivity contribution in [1.29, 1.82) is 0 Å². The molecule has 23 heavy (non-hydrogen) atoms. The highest BCUT2D eigenvalue weighted by molar-refractivity contribution is 7.99. The minimum absolute atomic E-state index is 0.151. The molecule has 8 heteroatoms. The maximum Gasteiger partial charge on any atom is 0.389 e. The first-order valence-electron chi connectivity index (χ1n) is 7.43. The van der Waals surface area contributed by atoms with E-state index in [9.17, 15) is 18.0 Å². The summed E-state index contributed by atoms with van der Waals surface area (Å²) < 4.78 is 36.6. The van der Waals surface area contributed by atoms with Crippen LogP contribution in [0.2, 0.25) is 0 Å². The molecule has 3 nitrogen and oxygen atoms in total. The largest absolute Gasteiger partial charge is 0.389 e. The Morgan fingerprint density at radius 3 is 2.70 bits per heavy atom. The van der Waals surface area contributed by atoms with Gasteiger partial charge in [-0.3, -0.25) is 4.79 Å². The number of fused-ring (bicyclic) bond motifs is 1. The van der Waals surface area contributed by atoms with Gasteiger partial charge >= 0.3 is 6.18 Å². The van der Waals surface area contributed by atoms with Gasteiger partial charge in [0.1, 0.15) is 4.83 Å². The van der Waals surface area contributed by atoms with Crippen LogP contribution in [0, 0.1) is 12.8 Å². The van der Waals surface area contributed by atoms with Crippen LogP contribution >= 0.6 is 23.1 Å². The first kappa shape index (κ1) is 18.3. The molecule has 2 heterocycles. The average Bonchev–Trinajstić information content (AvgIpc) is 2.73. The van der Waals surface area contributed by atoms with Crippen LogP contribution in [0.3, 0.4) is 0 Å². The summed E-state index contributed by atoms with van der Waals surface area (Å²) >= 11 is 2.36. The zero-order valence-corrected chi connectivity index (χ0v) is 14.8. The van der Waals surface area contributed by atoms with E-state index in [0.29, 0.717) is 16.1 Å². The van der Waals surface area contributed by atoms with Crippen molar-refractivity contribution in [1.82, 2.24) is 9.97 Å². The molecule has 128 valence electrons. The van der Waals surface area contributed by atoms with Crippen molar-refractivity contribution >= 4 is 33.3 Å². The van der Waals surface area contributed by atoms with Crippen molar-refractivity contribution in [3.8, 4) is 0 Å². The topological polar surface area (TPSA) is 45.8 Å². The highest BCUT2D eigenvalue weighted by Crippen LogP contribution is 2.31. The molecule has 2 aromatic rings. The summed E-state index contributed by atoms with van der Waals surface area (Å²) in [5, 5.41) is 0.844. The summed E-state index contributed by atoms with van der Waals surface area (Å²) in [6.07, 6.45) is -3.26. The van der Waals surface area contributed by atoms with E-state index in [1.165, 1.54) is 11.3 Å². The highest BCUT2D eigenvalue weighted by atomic mass is 32.2. The third-order valence-electron chi connectivity index (χ3n) is 3.71. The third kappa shape index (κ3) is 4.73. The van der Waals surface area contributed by atoms with Crippen LogP contribution in [0.5, 0.6) is 0 Å². The number of aromatic nitrogens is 2. The quantitative estimate of drug-likeness (QED) is 0.584. The maximum atomic E-state index is 12.3. The monoisotopic (exact) mass is 364 g/mol. The van der Waals surface area contributed by atoms with Crippen LogP contribution in [0.1, 0.15) is 37.1 Å². The van der Waals surface area contributed by atoms with Crippen molar-refractivity contribution in [2.45, 2.75) is 51.4 Å². The molecule has 0 fully saturated rings. The number of nitrogens with one attached hydrogen (secondary N) is 1. The Morgan fingerprint density at radius 2 is 2.09 bits per heavy atom. The second-order valence-corrected chi connectivity index (χ2v) is 7.91. The van der Waals surface area contributed by atoms with Crippen molar-refractivity contribution in [3.63, 3.8) is 0 Å². The second kappa shape index (κ2) is 7.25. The van der Waals surface area contributed by atoms with Gasteiger partial charge in [-0.05, 0) is 24.8 Å². The Morgan fingerprint density at radius 1 is 1.39 bits per heavy atom. The molecular formula is C15H19F3N2OS2. The summed E-state index contributed by atoms with van der Waals surface area (Å²) in [4.78, 5) is 20.9. The van der Waals surface area contributed by atoms with E-state index < -0.39 is 12.6 Å². The molecule has 0 saturated heterocycles. The van der Waals surface area contributed by atoms with E-state index >= 15 is 0 Å². The maximum absolute atomic E-state index is 12.3. The number of aromatic amines is 1. The summed E-state index contributed by atoms with van der Waals surface area (Å²) in [6, 6.07) is 0. The molecule has 0 saturated carbocycles. The first-order valence-corrected chi connectivity index (χ1v) is 9.23. The lowest BCUT2D eigenvalue weighted by molar-refractivity contribution is -0.129. The molecule has 0 aromatic carbocycles. The summed E-state index contributed by atoms with van der Waals surface area (Å²) in [5.41, 5.74) is 0.757. The molecule has 2 aromatic heterocycles. The van der Waals surface area contributed by atoms with Crippen LogP contribution in [0.15, 0.2) is 9.95 Å². The number of rotatable bonds is 6. The van der Waals surface area contributed by atoms with Crippen LogP contribution in [0.4, 0.5) is 13.2 Å². The normalized spacial score (nSPS) is 13.7. The molecule has 0 amide bonds. The van der Waals surface area contributed by atoms with E-state index in [0.717, 1.165) is 35.0 Å². The lowest BCUT2D eigenvalue weighted by atomic mass is 9.98. The fourth-order valence-corrected chi connectivity index (χ4v) is 4.18. The Balaban J connectivity index is 2.28. The fourth-order valence-electron chi connectivity index (χ4n) is 2.23. The van der Waals surface area contributed by atoms with E-state index in [-0.39, 0.29) is 16.5 Å². The Hall–Kier alpha value is -1.02. The lowest BCUT2D eigenvalue weighted by Crippen LogP contribution is -2.12. The number of thiophene rings is 1. The number of aryl methyl sites for hydroxylation is 1. The van der Waals surface area contributed by atoms with Crippen LogP contribution in [-0.4, -0.2) is 21.9 Å². The second-order valence-electron chi connectivity index (χ2n) is 5.62. The van der Waals surface area contributed by atoms with E-state index in [1.54, 1.807) is 0 Å². The number of thioether (sulfide) groups is 1. The van der Waals surface area contributed by atoms with Gasteiger partial charge in [0.2, 0.25) is 0 Å². The molecule has 0 aliphatic rings. The standard InChI is InChI=1S/C15H19F3N2OS2/c1-4-8(2)7-10-9(3)23-13-11(10)12(21)19-14(20-13)22-6-5-15(16,17)18/h8H,4-7H2,1-3H3,(H,19,20,21). The Bertz CT molecular complexity index is 737. The van der Waals surface area contributed by atoms with E-state index in [4.69, 9.17) is 0 Å². The Labute approximate surface area is 140 Å². The number of nitrogens with zero attached hydrogens (tertiary/aromatic N) is 1. The molecule has 2 rings (SSSR count). The summed E-state index contributed by atoms with van der Waals surface area (Å²) in [6.45, 7) is 6.19. The van der Waals surface area contributed by atoms with Crippen LogP contribution in [0.25, 0.3) is 10.2 Å². The minimum Gasteiger partial charge on any atom is -0.301 e. The van der Waals surface area contributed by atoms with Crippen molar-refractivity contribution in [3.05, 3.63) is 20.8 Å². The molecule has 1 unspecified atom stereocenters. The molecular weight excluding hydrogens is 345 g/mol. The number of halogens is 3. The predicted molar refractivity (Wildman–Crippen MR) is 89.5 cm³/mol. The average molecular weight is 364 g/mol. The van der Waals surface area contributed by atoms with Crippen molar-refractivity contribution in [2.24, 2.45) is 5.92 Å². The third-order valence-corrected chi connectivity index (χ3v) is 5.63. The number of hydrogen-bond donors (Lipinski definition) is 1. The summed E-state index contributed by atoms with van der Waals surface area (Å²) in [5.74, 6) is 0.314. The predicted octanol–water partition coefficient (Wildman–Crippen LogP) is 4.93. The smallest absolute Gasteiger partial charge is 0.301 e. The van der Waals surface area contributed by atoms with Gasteiger partial charge in [-0.15, -0.1) is 11.3 Å². The van der Waals surface area contributed by atoms with Crippen molar-refractivity contribution < 1.29 is 13.2 Å². The zero-order chi connectivity index (χ0) is 17.2. The number of H-pyrrole nitrogens is 1. The zero-order valence-electron chi connectivity index (χ0n) is 13.2. The molecule has 1 atom stereocenters. The molecule has 0 radical (unpaired) electrons. The lowest BCUT2D eigenvalue weighted by Gasteiger charge is -2.08. The van der Waals surface area contributed by atoms with Gasteiger partial charge in [0, 0.05) is 10.6 Å². The van der Waals surface area contributed by atoms with Crippen LogP contribution in [-0.2, 0) is 6.42 Å². The van der Waals surface area contributed by atoms with Crippen molar-refractivity contribution in [2.75, 3.05) is 5.75 Å². The van der Waals surface area contributed by atoms with Gasteiger partial charge < -0.3 is 4.98 Å². The first-order chi connectivity index (χ1) is 10.7. The van der Waals surface area contributed by atoms with Gasteiger partial charge in [0.25, 0.3) is 5.56 Å². The highest BCUT2D eigenvalue weighted by Gasteiger charge is 2.26. The molecule has 0 aliphatic heterocycles. The van der Waals surface area contributed by atoms with Gasteiger partial charge in [-0.25, -0.2) is 4.98 Å². The summed E-state index contributed by atoms with van der Waals surface area (Å²) in [7, 11) is 0. The van der Waals surface area contributed by atoms with Gasteiger partial charge in [0.05, 0.1) is 11.8 Å². The minimum atomic E-state index is -4.19. The van der Waals surface area contributed by atoms with Gasteiger partial charge in [0.15, 0.2) is 5.16 Å². The number of alkyl halides is 3. The van der Waals surface area contributed by atoms with Gasteiger partial charge in [-0.2, -0.15) is 13.2 Å². The molecule has 0 spiro atoms. The fraction of sp³-hybridized carbons (Fsp3) is 0.600. The van der Waals surface area contributed by atoms with E-state index in [1.807, 2.05) is 6.92 Å². The number of hydrogen-bond acceptors (Lipinski definition) is 4. The SMILES string of the molecule is CCC(C)Cc1c(C)sc2nc(SCCC(F)(F)F)[nH]c(=O)c12. The molecule has 0 aliphatic carbocycles.